The first kappa shape index (κ1) is 26.6. The summed E-state index contributed by atoms with van der Waals surface area (Å²) < 4.78 is 61.3. The summed E-state index contributed by atoms with van der Waals surface area (Å²) in [5.74, 6) is 0. The van der Waals surface area contributed by atoms with Gasteiger partial charge in [-0.15, -0.1) is 0 Å². The zero-order valence-corrected chi connectivity index (χ0v) is 21.8. The van der Waals surface area contributed by atoms with Crippen molar-refractivity contribution >= 4 is 21.5 Å². The number of benzene rings is 3. The molecule has 0 saturated carbocycles. The second-order valence-corrected chi connectivity index (χ2v) is 10.8. The van der Waals surface area contributed by atoms with Gasteiger partial charge >= 0.3 is 5.51 Å². The molecule has 2 heterocycles. The van der Waals surface area contributed by atoms with Gasteiger partial charge in [0.05, 0.1) is 0 Å². The first-order chi connectivity index (χ1) is 18.5. The van der Waals surface area contributed by atoms with Crippen molar-refractivity contribution in [2.75, 3.05) is 5.32 Å². The van der Waals surface area contributed by atoms with Gasteiger partial charge in [-0.2, -0.15) is 17.7 Å². The Balaban J connectivity index is 0.000000339. The number of hydrogen-bond acceptors (Lipinski definition) is 4. The van der Waals surface area contributed by atoms with Crippen molar-refractivity contribution in [1.82, 2.24) is 0 Å². The van der Waals surface area contributed by atoms with Gasteiger partial charge in [-0.25, -0.2) is 8.42 Å². The van der Waals surface area contributed by atoms with Crippen molar-refractivity contribution in [3.63, 3.8) is 0 Å². The number of rotatable bonds is 2. The van der Waals surface area contributed by atoms with E-state index in [4.69, 9.17) is 13.0 Å². The first-order valence-corrected chi connectivity index (χ1v) is 13.7. The lowest BCUT2D eigenvalue weighted by Crippen LogP contribution is -2.40. The van der Waals surface area contributed by atoms with Gasteiger partial charge in [0, 0.05) is 22.9 Å². The Labute approximate surface area is 225 Å². The second kappa shape index (κ2) is 10.3. The van der Waals surface area contributed by atoms with E-state index in [1.54, 1.807) is 0 Å². The molecular weight excluding hydrogens is 525 g/mol. The number of anilines is 1. The summed E-state index contributed by atoms with van der Waals surface area (Å²) >= 11 is 0. The molecular formula is C30H25F3N2O3S. The standard InChI is InChI=1S/C29H25N2.CHF3O3S/c1-31-27(21-12-6-3-7-13-21)19-25(20-10-4-2-5-11-20)24-17-16-23-18-22-14-8-9-15-26(22)30-28(23)29(24)31;2-1(3,4)8(5,6)7/h2-15,19,30H,16-18H2,1H3;(H,5,6,7)/q+1;/p-1. The molecule has 0 fully saturated rings. The summed E-state index contributed by atoms with van der Waals surface area (Å²) in [6.07, 6.45) is 3.22. The molecule has 0 bridgehead atoms. The number of alkyl halides is 3. The van der Waals surface area contributed by atoms with Crippen LogP contribution in [-0.4, -0.2) is 18.5 Å². The van der Waals surface area contributed by atoms with Crippen LogP contribution in [0.15, 0.2) is 96.6 Å². The highest BCUT2D eigenvalue weighted by Gasteiger charge is 2.37. The van der Waals surface area contributed by atoms with Gasteiger partial charge in [0.25, 0.3) is 0 Å². The SMILES string of the molecule is C[n+]1c(-c2ccccc2)cc(-c2ccccc2)c2c1C1=C(CC2)Cc2ccccc2N1.O=S(=O)([O-])C(F)(F)F. The van der Waals surface area contributed by atoms with Crippen LogP contribution in [0, 0.1) is 0 Å². The van der Waals surface area contributed by atoms with E-state index in [9.17, 15) is 13.2 Å². The maximum absolute atomic E-state index is 10.7. The number of fused-ring (bicyclic) bond motifs is 3. The Morgan fingerprint density at radius 3 is 2.03 bits per heavy atom. The van der Waals surface area contributed by atoms with Gasteiger partial charge in [0.2, 0.25) is 11.4 Å². The molecule has 3 aromatic carbocycles. The topological polar surface area (TPSA) is 73.1 Å². The molecule has 1 aromatic heterocycles. The Morgan fingerprint density at radius 1 is 0.846 bits per heavy atom. The van der Waals surface area contributed by atoms with Gasteiger partial charge in [-0.05, 0) is 59.7 Å². The third kappa shape index (κ3) is 5.32. The summed E-state index contributed by atoms with van der Waals surface area (Å²) in [5, 5.41) is 3.81. The van der Waals surface area contributed by atoms with Crippen molar-refractivity contribution in [2.24, 2.45) is 7.05 Å². The lowest BCUT2D eigenvalue weighted by molar-refractivity contribution is -0.663. The highest BCUT2D eigenvalue weighted by atomic mass is 32.2. The minimum absolute atomic E-state index is 1.04. The molecule has 0 amide bonds. The maximum atomic E-state index is 10.7. The van der Waals surface area contributed by atoms with E-state index in [0.29, 0.717) is 0 Å². The van der Waals surface area contributed by atoms with Crippen LogP contribution in [0.5, 0.6) is 0 Å². The van der Waals surface area contributed by atoms with Gasteiger partial charge in [0.1, 0.15) is 12.7 Å². The third-order valence-electron chi connectivity index (χ3n) is 6.97. The molecule has 0 saturated heterocycles. The van der Waals surface area contributed by atoms with Crippen molar-refractivity contribution in [3.8, 4) is 22.4 Å². The molecule has 4 aromatic rings. The van der Waals surface area contributed by atoms with E-state index >= 15 is 0 Å². The Kier molecular flexibility index (Phi) is 7.05. The van der Waals surface area contributed by atoms with Crippen LogP contribution in [0.25, 0.3) is 28.1 Å². The zero-order chi connectivity index (χ0) is 27.8. The van der Waals surface area contributed by atoms with Crippen LogP contribution in [0.4, 0.5) is 18.9 Å². The highest BCUT2D eigenvalue weighted by Crippen LogP contribution is 2.41. The largest absolute Gasteiger partial charge is 0.741 e. The van der Waals surface area contributed by atoms with Crippen molar-refractivity contribution in [3.05, 3.63) is 113 Å². The van der Waals surface area contributed by atoms with Crippen LogP contribution < -0.4 is 9.88 Å². The average Bonchev–Trinajstić information content (AvgIpc) is 2.92. The maximum Gasteiger partial charge on any atom is 0.485 e. The fourth-order valence-corrected chi connectivity index (χ4v) is 5.16. The number of allylic oxidation sites excluding steroid dienone is 1. The molecule has 200 valence electrons. The van der Waals surface area contributed by atoms with E-state index in [1.165, 1.54) is 56.2 Å². The zero-order valence-electron chi connectivity index (χ0n) is 21.0. The summed E-state index contributed by atoms with van der Waals surface area (Å²) in [6, 6.07) is 32.7. The van der Waals surface area contributed by atoms with Crippen LogP contribution >= 0.6 is 0 Å². The average molecular weight is 551 g/mol. The Bertz CT molecular complexity index is 1670. The first-order valence-electron chi connectivity index (χ1n) is 12.3. The van der Waals surface area contributed by atoms with Crippen molar-refractivity contribution in [2.45, 2.75) is 24.8 Å². The molecule has 1 aliphatic heterocycles. The number of aromatic nitrogens is 1. The number of hydrogen-bond donors (Lipinski definition) is 1. The van der Waals surface area contributed by atoms with E-state index in [0.717, 1.165) is 19.3 Å². The number of nitrogens with one attached hydrogen (secondary N) is 1. The van der Waals surface area contributed by atoms with Gasteiger partial charge in [0.15, 0.2) is 10.1 Å². The molecule has 9 heteroatoms. The van der Waals surface area contributed by atoms with Crippen LogP contribution in [-0.2, 0) is 30.0 Å². The fraction of sp³-hybridized carbons (Fsp3) is 0.167. The monoisotopic (exact) mass is 550 g/mol. The summed E-state index contributed by atoms with van der Waals surface area (Å²) in [5.41, 5.74) is 7.71. The van der Waals surface area contributed by atoms with Crippen LogP contribution in [0.1, 0.15) is 23.2 Å². The third-order valence-corrected chi connectivity index (χ3v) is 7.54. The molecule has 39 heavy (non-hydrogen) atoms. The predicted octanol–water partition coefficient (Wildman–Crippen LogP) is 6.22. The predicted molar refractivity (Wildman–Crippen MR) is 143 cm³/mol. The number of nitrogens with zero attached hydrogens (tertiary/aromatic N) is 1. The van der Waals surface area contributed by atoms with Gasteiger partial charge in [-0.1, -0.05) is 66.7 Å². The molecule has 0 radical (unpaired) electrons. The molecule has 0 spiro atoms. The summed E-state index contributed by atoms with van der Waals surface area (Å²) in [4.78, 5) is 0. The number of halogens is 3. The summed E-state index contributed by atoms with van der Waals surface area (Å²) in [6.45, 7) is 0. The van der Waals surface area contributed by atoms with E-state index in [1.807, 2.05) is 0 Å². The molecule has 1 N–H and O–H groups in total. The van der Waals surface area contributed by atoms with Gasteiger partial charge in [-0.3, -0.25) is 0 Å². The normalized spacial score (nSPS) is 14.3. The number of pyridine rings is 1. The minimum atomic E-state index is -6.09. The Hall–Kier alpha value is -3.95. The van der Waals surface area contributed by atoms with Gasteiger partial charge < -0.3 is 9.87 Å². The smallest absolute Gasteiger partial charge is 0.485 e. The second-order valence-electron chi connectivity index (χ2n) is 9.40. The molecule has 0 unspecified atom stereocenters. The number of para-hydroxylation sites is 1. The minimum Gasteiger partial charge on any atom is -0.741 e. The van der Waals surface area contributed by atoms with E-state index < -0.39 is 15.6 Å². The molecule has 0 atom stereocenters. The van der Waals surface area contributed by atoms with Crippen LogP contribution in [0.3, 0.4) is 0 Å². The van der Waals surface area contributed by atoms with Crippen LogP contribution in [0.2, 0.25) is 0 Å². The molecule has 1 aliphatic carbocycles. The highest BCUT2D eigenvalue weighted by molar-refractivity contribution is 7.86. The molecule has 6 rings (SSSR count). The Morgan fingerprint density at radius 2 is 1.41 bits per heavy atom. The summed E-state index contributed by atoms with van der Waals surface area (Å²) in [7, 11) is -3.87. The van der Waals surface area contributed by atoms with E-state index in [-0.39, 0.29) is 0 Å². The molecule has 2 aliphatic rings. The van der Waals surface area contributed by atoms with Crippen molar-refractivity contribution in [1.29, 1.82) is 0 Å². The fourth-order valence-electron chi connectivity index (χ4n) is 5.16. The lowest BCUT2D eigenvalue weighted by atomic mass is 9.82. The van der Waals surface area contributed by atoms with E-state index in [2.05, 4.69) is 108 Å². The lowest BCUT2D eigenvalue weighted by Gasteiger charge is -2.29. The van der Waals surface area contributed by atoms with Crippen molar-refractivity contribution < 1.29 is 30.7 Å². The quantitative estimate of drug-likeness (QED) is 0.183. The molecule has 5 nitrogen and oxygen atoms in total.